The van der Waals surface area contributed by atoms with Gasteiger partial charge in [0.25, 0.3) is 0 Å². The minimum absolute atomic E-state index is 0.128. The molecule has 0 fully saturated rings. The number of rotatable bonds is 3. The van der Waals surface area contributed by atoms with E-state index in [0.29, 0.717) is 12.2 Å². The molecule has 0 aliphatic heterocycles. The van der Waals surface area contributed by atoms with Crippen LogP contribution < -0.4 is 10.2 Å². The van der Waals surface area contributed by atoms with E-state index in [9.17, 15) is 9.59 Å². The molecule has 1 N–H and O–H groups in total. The number of carbonyl (C=O) groups excluding carboxylic acids is 2. The molecule has 0 unspecified atom stereocenters. The lowest BCUT2D eigenvalue weighted by molar-refractivity contribution is -0.114. The van der Waals surface area contributed by atoms with Crippen LogP contribution in [-0.4, -0.2) is 24.1 Å². The molecule has 0 saturated heterocycles. The Kier molecular flexibility index (Phi) is 5.13. The lowest BCUT2D eigenvalue weighted by atomic mass is 10.2. The second-order valence-electron chi connectivity index (χ2n) is 5.45. The van der Waals surface area contributed by atoms with Crippen LogP contribution in [0.2, 0.25) is 0 Å². The van der Waals surface area contributed by atoms with E-state index in [0.717, 1.165) is 5.69 Å². The van der Waals surface area contributed by atoms with Gasteiger partial charge in [0.1, 0.15) is 5.60 Å². The summed E-state index contributed by atoms with van der Waals surface area (Å²) in [7, 11) is 0. The van der Waals surface area contributed by atoms with Gasteiger partial charge in [0, 0.05) is 24.8 Å². The third-order valence-corrected chi connectivity index (χ3v) is 2.43. The molecule has 1 rings (SSSR count). The van der Waals surface area contributed by atoms with Crippen LogP contribution >= 0.6 is 0 Å². The zero-order valence-corrected chi connectivity index (χ0v) is 12.7. The van der Waals surface area contributed by atoms with Crippen LogP contribution in [0.15, 0.2) is 24.3 Å². The molecule has 0 aromatic heterocycles. The lowest BCUT2D eigenvalue weighted by Crippen LogP contribution is -2.36. The van der Waals surface area contributed by atoms with E-state index >= 15 is 0 Å². The van der Waals surface area contributed by atoms with Gasteiger partial charge in [-0.1, -0.05) is 0 Å². The molecular formula is C15H22N2O3. The Morgan fingerprint density at radius 2 is 1.75 bits per heavy atom. The number of anilines is 2. The normalized spacial score (nSPS) is 10.8. The minimum Gasteiger partial charge on any atom is -0.443 e. The fourth-order valence-corrected chi connectivity index (χ4v) is 1.66. The number of hydrogen-bond donors (Lipinski definition) is 1. The quantitative estimate of drug-likeness (QED) is 0.921. The van der Waals surface area contributed by atoms with Crippen molar-refractivity contribution >= 4 is 23.4 Å². The standard InChI is InChI=1S/C15H22N2O3/c1-6-17(14(19)20-15(3,4)5)13-9-7-12(8-10-13)16-11(2)18/h7-10H,6H2,1-5H3,(H,16,18). The van der Waals surface area contributed by atoms with Gasteiger partial charge in [-0.2, -0.15) is 0 Å². The van der Waals surface area contributed by atoms with Gasteiger partial charge in [0.2, 0.25) is 5.91 Å². The third-order valence-electron chi connectivity index (χ3n) is 2.43. The topological polar surface area (TPSA) is 58.6 Å². The Hall–Kier alpha value is -2.04. The summed E-state index contributed by atoms with van der Waals surface area (Å²) in [6.45, 7) is 9.34. The fraction of sp³-hybridized carbons (Fsp3) is 0.467. The number of nitrogens with zero attached hydrogens (tertiary/aromatic N) is 1. The van der Waals surface area contributed by atoms with Crippen molar-refractivity contribution in [3.63, 3.8) is 0 Å². The molecule has 0 bridgehead atoms. The number of ether oxygens (including phenoxy) is 1. The van der Waals surface area contributed by atoms with Crippen molar-refractivity contribution in [3.05, 3.63) is 24.3 Å². The first kappa shape index (κ1) is 16.0. The van der Waals surface area contributed by atoms with Crippen molar-refractivity contribution in [2.24, 2.45) is 0 Å². The van der Waals surface area contributed by atoms with E-state index in [1.165, 1.54) is 6.92 Å². The Balaban J connectivity index is 2.85. The van der Waals surface area contributed by atoms with Gasteiger partial charge in [0.15, 0.2) is 0 Å². The van der Waals surface area contributed by atoms with E-state index in [-0.39, 0.29) is 12.0 Å². The molecule has 0 radical (unpaired) electrons. The molecule has 1 aromatic carbocycles. The molecule has 0 aliphatic rings. The van der Waals surface area contributed by atoms with Gasteiger partial charge in [-0.3, -0.25) is 9.69 Å². The SMILES string of the molecule is CCN(C(=O)OC(C)(C)C)c1ccc(NC(C)=O)cc1. The maximum Gasteiger partial charge on any atom is 0.414 e. The van der Waals surface area contributed by atoms with Crippen molar-refractivity contribution in [2.75, 3.05) is 16.8 Å². The summed E-state index contributed by atoms with van der Waals surface area (Å²) in [6.07, 6.45) is -0.382. The number of nitrogens with one attached hydrogen (secondary N) is 1. The number of amides is 2. The largest absolute Gasteiger partial charge is 0.443 e. The van der Waals surface area contributed by atoms with Gasteiger partial charge >= 0.3 is 6.09 Å². The van der Waals surface area contributed by atoms with E-state index in [4.69, 9.17) is 4.74 Å². The highest BCUT2D eigenvalue weighted by Crippen LogP contribution is 2.20. The number of benzene rings is 1. The molecule has 1 aromatic rings. The summed E-state index contributed by atoms with van der Waals surface area (Å²) in [6, 6.07) is 7.06. The average Bonchev–Trinajstić information content (AvgIpc) is 2.29. The number of hydrogen-bond acceptors (Lipinski definition) is 3. The van der Waals surface area contributed by atoms with Crippen LogP contribution in [0.5, 0.6) is 0 Å². The Labute approximate surface area is 119 Å². The monoisotopic (exact) mass is 278 g/mol. The summed E-state index contributed by atoms with van der Waals surface area (Å²) in [5, 5.41) is 2.68. The van der Waals surface area contributed by atoms with Crippen molar-refractivity contribution < 1.29 is 14.3 Å². The Morgan fingerprint density at radius 1 is 1.20 bits per heavy atom. The van der Waals surface area contributed by atoms with E-state index in [1.54, 1.807) is 29.2 Å². The third kappa shape index (κ3) is 4.91. The second-order valence-corrected chi connectivity index (χ2v) is 5.45. The van der Waals surface area contributed by atoms with Crippen molar-refractivity contribution in [1.29, 1.82) is 0 Å². The zero-order valence-electron chi connectivity index (χ0n) is 12.7. The molecule has 0 saturated carbocycles. The zero-order chi connectivity index (χ0) is 15.3. The van der Waals surface area contributed by atoms with Crippen LogP contribution in [0.25, 0.3) is 0 Å². The van der Waals surface area contributed by atoms with Crippen LogP contribution in [0.4, 0.5) is 16.2 Å². The maximum absolute atomic E-state index is 12.1. The molecule has 0 atom stereocenters. The number of carbonyl (C=O) groups is 2. The van der Waals surface area contributed by atoms with Gasteiger partial charge in [-0.15, -0.1) is 0 Å². The second kappa shape index (κ2) is 6.41. The van der Waals surface area contributed by atoms with Crippen LogP contribution in [0, 0.1) is 0 Å². The molecular weight excluding hydrogens is 256 g/mol. The molecule has 0 aliphatic carbocycles. The molecule has 20 heavy (non-hydrogen) atoms. The van der Waals surface area contributed by atoms with Crippen molar-refractivity contribution in [1.82, 2.24) is 0 Å². The molecule has 0 spiro atoms. The van der Waals surface area contributed by atoms with Crippen molar-refractivity contribution in [2.45, 2.75) is 40.2 Å². The predicted octanol–water partition coefficient (Wildman–Crippen LogP) is 3.41. The summed E-state index contributed by atoms with van der Waals surface area (Å²) < 4.78 is 5.36. The van der Waals surface area contributed by atoms with Crippen LogP contribution in [-0.2, 0) is 9.53 Å². The average molecular weight is 278 g/mol. The Bertz CT molecular complexity index is 475. The van der Waals surface area contributed by atoms with Gasteiger partial charge < -0.3 is 10.1 Å². The molecule has 110 valence electrons. The summed E-state index contributed by atoms with van der Waals surface area (Å²) in [5.74, 6) is -0.128. The van der Waals surface area contributed by atoms with Crippen LogP contribution in [0.1, 0.15) is 34.6 Å². The summed E-state index contributed by atoms with van der Waals surface area (Å²) in [5.41, 5.74) is 0.901. The molecule has 2 amide bonds. The minimum atomic E-state index is -0.527. The van der Waals surface area contributed by atoms with Gasteiger partial charge in [0.05, 0.1) is 0 Å². The Morgan fingerprint density at radius 3 is 2.15 bits per heavy atom. The molecule has 5 nitrogen and oxygen atoms in total. The lowest BCUT2D eigenvalue weighted by Gasteiger charge is -2.26. The van der Waals surface area contributed by atoms with Crippen molar-refractivity contribution in [3.8, 4) is 0 Å². The summed E-state index contributed by atoms with van der Waals surface area (Å²) >= 11 is 0. The smallest absolute Gasteiger partial charge is 0.414 e. The first-order chi connectivity index (χ1) is 9.23. The highest BCUT2D eigenvalue weighted by Gasteiger charge is 2.22. The maximum atomic E-state index is 12.1. The first-order valence-electron chi connectivity index (χ1n) is 6.61. The fourth-order valence-electron chi connectivity index (χ4n) is 1.66. The van der Waals surface area contributed by atoms with E-state index in [2.05, 4.69) is 5.32 Å². The van der Waals surface area contributed by atoms with E-state index < -0.39 is 5.60 Å². The molecule has 5 heteroatoms. The first-order valence-corrected chi connectivity index (χ1v) is 6.61. The highest BCUT2D eigenvalue weighted by atomic mass is 16.6. The van der Waals surface area contributed by atoms with E-state index in [1.807, 2.05) is 27.7 Å². The predicted molar refractivity (Wildman–Crippen MR) is 80.0 cm³/mol. The van der Waals surface area contributed by atoms with Crippen LogP contribution in [0.3, 0.4) is 0 Å². The summed E-state index contributed by atoms with van der Waals surface area (Å²) in [4.78, 5) is 24.6. The van der Waals surface area contributed by atoms with Gasteiger partial charge in [-0.05, 0) is 52.0 Å². The highest BCUT2D eigenvalue weighted by molar-refractivity contribution is 5.90. The molecule has 0 heterocycles. The van der Waals surface area contributed by atoms with Gasteiger partial charge in [-0.25, -0.2) is 4.79 Å².